The number of anilines is 1. The molecule has 1 heterocycles. The van der Waals surface area contributed by atoms with E-state index in [1.807, 2.05) is 6.20 Å². The highest BCUT2D eigenvalue weighted by Crippen LogP contribution is 2.23. The van der Waals surface area contributed by atoms with Crippen LogP contribution in [0.15, 0.2) is 16.7 Å². The molecule has 88 valence electrons. The Kier molecular flexibility index (Phi) is 4.22. The predicted octanol–water partition coefficient (Wildman–Crippen LogP) is 4.15. The van der Waals surface area contributed by atoms with Gasteiger partial charge in [-0.15, -0.1) is 0 Å². The summed E-state index contributed by atoms with van der Waals surface area (Å²) in [5.74, 6) is 1.03. The summed E-state index contributed by atoms with van der Waals surface area (Å²) in [5, 5.41) is 3.55. The topological polar surface area (TPSA) is 24.9 Å². The lowest BCUT2D eigenvalue weighted by atomic mass is 9.95. The molecule has 16 heavy (non-hydrogen) atoms. The van der Waals surface area contributed by atoms with Gasteiger partial charge in [0.15, 0.2) is 0 Å². The minimum absolute atomic E-state index is 0.632. The molecule has 1 aromatic rings. The number of halogens is 1. The first kappa shape index (κ1) is 11.9. The van der Waals surface area contributed by atoms with Crippen molar-refractivity contribution >= 4 is 21.7 Å². The zero-order chi connectivity index (χ0) is 11.4. The molecule has 0 bridgehead atoms. The van der Waals surface area contributed by atoms with Gasteiger partial charge in [-0.3, -0.25) is 0 Å². The van der Waals surface area contributed by atoms with Gasteiger partial charge in [-0.05, 0) is 46.8 Å². The Balaban J connectivity index is 2.03. The summed E-state index contributed by atoms with van der Waals surface area (Å²) in [4.78, 5) is 4.42. The van der Waals surface area contributed by atoms with Crippen molar-refractivity contribution in [3.8, 4) is 0 Å². The van der Waals surface area contributed by atoms with E-state index in [9.17, 15) is 0 Å². The first-order valence-electron chi connectivity index (χ1n) is 6.20. The van der Waals surface area contributed by atoms with E-state index in [1.165, 1.54) is 37.7 Å². The molecule has 0 atom stereocenters. The number of hydrogen-bond donors (Lipinski definition) is 1. The maximum absolute atomic E-state index is 4.42. The SMILES string of the molecule is CCc1cc(NC2CCCCC2)ncc1Br. The molecule has 0 aliphatic heterocycles. The van der Waals surface area contributed by atoms with Crippen LogP contribution in [-0.4, -0.2) is 11.0 Å². The van der Waals surface area contributed by atoms with Gasteiger partial charge in [0.25, 0.3) is 0 Å². The average molecular weight is 283 g/mol. The first-order chi connectivity index (χ1) is 7.79. The quantitative estimate of drug-likeness (QED) is 0.901. The Morgan fingerprint density at radius 2 is 2.12 bits per heavy atom. The van der Waals surface area contributed by atoms with Crippen LogP contribution in [0.1, 0.15) is 44.6 Å². The van der Waals surface area contributed by atoms with Crippen LogP contribution in [0.2, 0.25) is 0 Å². The normalized spacial score (nSPS) is 17.4. The maximum Gasteiger partial charge on any atom is 0.126 e. The number of aryl methyl sites for hydroxylation is 1. The molecule has 1 aromatic heterocycles. The van der Waals surface area contributed by atoms with Crippen molar-refractivity contribution in [3.63, 3.8) is 0 Å². The predicted molar refractivity (Wildman–Crippen MR) is 71.8 cm³/mol. The van der Waals surface area contributed by atoms with Crippen molar-refractivity contribution in [1.29, 1.82) is 0 Å². The minimum Gasteiger partial charge on any atom is -0.367 e. The summed E-state index contributed by atoms with van der Waals surface area (Å²) in [7, 11) is 0. The highest BCUT2D eigenvalue weighted by Gasteiger charge is 2.13. The van der Waals surface area contributed by atoms with Crippen molar-refractivity contribution in [1.82, 2.24) is 4.98 Å². The zero-order valence-corrected chi connectivity index (χ0v) is 11.4. The van der Waals surface area contributed by atoms with Crippen LogP contribution in [0, 0.1) is 0 Å². The molecule has 1 aliphatic rings. The minimum atomic E-state index is 0.632. The van der Waals surface area contributed by atoms with Gasteiger partial charge in [-0.2, -0.15) is 0 Å². The summed E-state index contributed by atoms with van der Waals surface area (Å²) in [5.41, 5.74) is 1.33. The molecule has 0 aromatic carbocycles. The lowest BCUT2D eigenvalue weighted by molar-refractivity contribution is 0.462. The third-order valence-corrected chi connectivity index (χ3v) is 3.99. The van der Waals surface area contributed by atoms with E-state index in [4.69, 9.17) is 0 Å². The van der Waals surface area contributed by atoms with E-state index in [2.05, 4.69) is 39.2 Å². The Morgan fingerprint density at radius 1 is 1.38 bits per heavy atom. The van der Waals surface area contributed by atoms with Crippen LogP contribution in [0.4, 0.5) is 5.82 Å². The highest BCUT2D eigenvalue weighted by molar-refractivity contribution is 9.10. The maximum atomic E-state index is 4.42. The van der Waals surface area contributed by atoms with Crippen molar-refractivity contribution in [3.05, 3.63) is 22.3 Å². The second kappa shape index (κ2) is 5.67. The van der Waals surface area contributed by atoms with E-state index in [1.54, 1.807) is 0 Å². The van der Waals surface area contributed by atoms with Crippen molar-refractivity contribution in [2.24, 2.45) is 0 Å². The Morgan fingerprint density at radius 3 is 2.81 bits per heavy atom. The molecule has 0 amide bonds. The van der Waals surface area contributed by atoms with Crippen LogP contribution in [0.25, 0.3) is 0 Å². The number of hydrogen-bond acceptors (Lipinski definition) is 2. The van der Waals surface area contributed by atoms with Gasteiger partial charge >= 0.3 is 0 Å². The second-order valence-corrected chi connectivity index (χ2v) is 5.35. The third kappa shape index (κ3) is 2.97. The van der Waals surface area contributed by atoms with Crippen LogP contribution < -0.4 is 5.32 Å². The number of nitrogens with zero attached hydrogens (tertiary/aromatic N) is 1. The van der Waals surface area contributed by atoms with E-state index < -0.39 is 0 Å². The van der Waals surface area contributed by atoms with Gasteiger partial charge in [0.1, 0.15) is 5.82 Å². The van der Waals surface area contributed by atoms with Crippen LogP contribution in [-0.2, 0) is 6.42 Å². The third-order valence-electron chi connectivity index (χ3n) is 3.27. The van der Waals surface area contributed by atoms with Gasteiger partial charge in [-0.25, -0.2) is 4.98 Å². The molecule has 1 fully saturated rings. The summed E-state index contributed by atoms with van der Waals surface area (Å²) < 4.78 is 1.11. The Hall–Kier alpha value is -0.570. The molecule has 1 saturated carbocycles. The smallest absolute Gasteiger partial charge is 0.126 e. The van der Waals surface area contributed by atoms with Crippen molar-refractivity contribution < 1.29 is 0 Å². The molecule has 2 nitrogen and oxygen atoms in total. The first-order valence-corrected chi connectivity index (χ1v) is 7.00. The molecule has 0 saturated heterocycles. The molecular formula is C13H19BrN2. The van der Waals surface area contributed by atoms with Crippen LogP contribution >= 0.6 is 15.9 Å². The van der Waals surface area contributed by atoms with E-state index >= 15 is 0 Å². The fourth-order valence-electron chi connectivity index (χ4n) is 2.29. The lowest BCUT2D eigenvalue weighted by Crippen LogP contribution is -2.22. The molecule has 2 rings (SSSR count). The van der Waals surface area contributed by atoms with Gasteiger partial charge < -0.3 is 5.32 Å². The molecule has 0 spiro atoms. The second-order valence-electron chi connectivity index (χ2n) is 4.49. The highest BCUT2D eigenvalue weighted by atomic mass is 79.9. The fraction of sp³-hybridized carbons (Fsp3) is 0.615. The summed E-state index contributed by atoms with van der Waals surface area (Å²) in [6.45, 7) is 2.17. The molecule has 0 unspecified atom stereocenters. The fourth-order valence-corrected chi connectivity index (χ4v) is 2.78. The van der Waals surface area contributed by atoms with Gasteiger partial charge in [0.2, 0.25) is 0 Å². The standard InChI is InChI=1S/C13H19BrN2/c1-2-10-8-13(15-9-12(10)14)16-11-6-4-3-5-7-11/h8-9,11H,2-7H2,1H3,(H,15,16). The summed E-state index contributed by atoms with van der Waals surface area (Å²) in [6, 6.07) is 2.80. The lowest BCUT2D eigenvalue weighted by Gasteiger charge is -2.23. The van der Waals surface area contributed by atoms with E-state index in [0.717, 1.165) is 16.7 Å². The van der Waals surface area contributed by atoms with Gasteiger partial charge in [0.05, 0.1) is 0 Å². The largest absolute Gasteiger partial charge is 0.367 e. The van der Waals surface area contributed by atoms with E-state index in [0.29, 0.717) is 6.04 Å². The number of aromatic nitrogens is 1. The van der Waals surface area contributed by atoms with Crippen molar-refractivity contribution in [2.45, 2.75) is 51.5 Å². The molecule has 1 aliphatic carbocycles. The molecule has 1 N–H and O–H groups in total. The Bertz CT molecular complexity index is 346. The molecule has 3 heteroatoms. The van der Waals surface area contributed by atoms with E-state index in [-0.39, 0.29) is 0 Å². The zero-order valence-electron chi connectivity index (χ0n) is 9.80. The van der Waals surface area contributed by atoms with Gasteiger partial charge in [-0.1, -0.05) is 26.2 Å². The summed E-state index contributed by atoms with van der Waals surface area (Å²) >= 11 is 3.53. The monoisotopic (exact) mass is 282 g/mol. The van der Waals surface area contributed by atoms with Crippen LogP contribution in [0.3, 0.4) is 0 Å². The number of nitrogens with one attached hydrogen (secondary N) is 1. The number of rotatable bonds is 3. The molecule has 0 radical (unpaired) electrons. The number of pyridine rings is 1. The summed E-state index contributed by atoms with van der Waals surface area (Å²) in [6.07, 6.45) is 9.64. The van der Waals surface area contributed by atoms with Crippen LogP contribution in [0.5, 0.6) is 0 Å². The Labute approximate surface area is 106 Å². The average Bonchev–Trinajstić information content (AvgIpc) is 2.33. The molecular weight excluding hydrogens is 264 g/mol. The van der Waals surface area contributed by atoms with Gasteiger partial charge in [0, 0.05) is 16.7 Å². The van der Waals surface area contributed by atoms with Crippen molar-refractivity contribution in [2.75, 3.05) is 5.32 Å².